The highest BCUT2D eigenvalue weighted by Gasteiger charge is 2.46. The second-order valence-corrected chi connectivity index (χ2v) is 13.3. The van der Waals surface area contributed by atoms with Crippen molar-refractivity contribution in [3.63, 3.8) is 0 Å². The molecule has 1 aromatic heterocycles. The molecule has 3 nitrogen and oxygen atoms in total. The zero-order valence-corrected chi connectivity index (χ0v) is 26.6. The lowest BCUT2D eigenvalue weighted by Gasteiger charge is -2.49. The van der Waals surface area contributed by atoms with Crippen molar-refractivity contribution in [1.29, 1.82) is 0 Å². The molecule has 0 N–H and O–H groups in total. The first-order valence-corrected chi connectivity index (χ1v) is 16.0. The van der Waals surface area contributed by atoms with Crippen LogP contribution in [0.5, 0.6) is 0 Å². The minimum atomic E-state index is -0.156. The lowest BCUT2D eigenvalue weighted by atomic mass is 9.54. The maximum atomic E-state index is 5.13. The average molecular weight is 594 g/mol. The van der Waals surface area contributed by atoms with Gasteiger partial charge in [-0.05, 0) is 67.1 Å². The summed E-state index contributed by atoms with van der Waals surface area (Å²) in [5.74, 6) is 2.02. The zero-order chi connectivity index (χ0) is 31.5. The Morgan fingerprint density at radius 3 is 1.61 bits per heavy atom. The van der Waals surface area contributed by atoms with Gasteiger partial charge in [0.05, 0.1) is 0 Å². The summed E-state index contributed by atoms with van der Waals surface area (Å²) in [5, 5.41) is 2.35. The normalized spacial score (nSPS) is 14.4. The van der Waals surface area contributed by atoms with Gasteiger partial charge in [-0.3, -0.25) is 0 Å². The molecule has 46 heavy (non-hydrogen) atoms. The Morgan fingerprint density at radius 1 is 0.370 bits per heavy atom. The van der Waals surface area contributed by atoms with E-state index in [1.807, 2.05) is 18.2 Å². The Hall–Kier alpha value is -5.41. The largest absolute Gasteiger partial charge is 0.208 e. The maximum Gasteiger partial charge on any atom is 0.164 e. The first-order chi connectivity index (χ1) is 22.3. The summed E-state index contributed by atoms with van der Waals surface area (Å²) in [7, 11) is 0. The van der Waals surface area contributed by atoms with Crippen LogP contribution < -0.4 is 0 Å². The quantitative estimate of drug-likeness (QED) is 0.204. The number of rotatable bonds is 4. The molecule has 1 aliphatic rings. The summed E-state index contributed by atoms with van der Waals surface area (Å²) in [6.45, 7) is 9.50. The van der Waals surface area contributed by atoms with Crippen molar-refractivity contribution in [2.75, 3.05) is 0 Å². The van der Waals surface area contributed by atoms with Crippen molar-refractivity contribution in [3.05, 3.63) is 151 Å². The SMILES string of the molecule is CC1(C)c2cc(-c3nc(-c4ccccc4)nc(-c4ccc5ccccc5c4)n3)ccc2-c2c(-c3ccccc3)cccc2C1(C)C. The van der Waals surface area contributed by atoms with Gasteiger partial charge >= 0.3 is 0 Å². The molecule has 222 valence electrons. The third-order valence-corrected chi connectivity index (χ3v) is 10.3. The monoisotopic (exact) mass is 593 g/mol. The summed E-state index contributed by atoms with van der Waals surface area (Å²) in [5.41, 5.74) is 10.4. The van der Waals surface area contributed by atoms with E-state index in [9.17, 15) is 0 Å². The van der Waals surface area contributed by atoms with E-state index in [-0.39, 0.29) is 10.8 Å². The van der Waals surface area contributed by atoms with Gasteiger partial charge in [-0.15, -0.1) is 0 Å². The number of hydrogen-bond acceptors (Lipinski definition) is 3. The molecule has 1 heterocycles. The van der Waals surface area contributed by atoms with Crippen LogP contribution >= 0.6 is 0 Å². The fourth-order valence-electron chi connectivity index (χ4n) is 6.99. The highest BCUT2D eigenvalue weighted by Crippen LogP contribution is 2.56. The predicted molar refractivity (Wildman–Crippen MR) is 191 cm³/mol. The summed E-state index contributed by atoms with van der Waals surface area (Å²) in [6.07, 6.45) is 0. The van der Waals surface area contributed by atoms with Crippen molar-refractivity contribution in [2.24, 2.45) is 0 Å². The molecule has 7 aromatic rings. The molecule has 6 aromatic carbocycles. The lowest BCUT2D eigenvalue weighted by molar-refractivity contribution is 0.299. The second-order valence-electron chi connectivity index (χ2n) is 13.3. The molecule has 0 fully saturated rings. The molecule has 1 aliphatic carbocycles. The molecule has 0 atom stereocenters. The third-order valence-electron chi connectivity index (χ3n) is 10.3. The highest BCUT2D eigenvalue weighted by atomic mass is 15.0. The van der Waals surface area contributed by atoms with Crippen LogP contribution in [0.3, 0.4) is 0 Å². The van der Waals surface area contributed by atoms with Crippen molar-refractivity contribution in [2.45, 2.75) is 38.5 Å². The summed E-state index contributed by atoms with van der Waals surface area (Å²) < 4.78 is 0. The zero-order valence-electron chi connectivity index (χ0n) is 26.6. The molecule has 0 bridgehead atoms. The standard InChI is InChI=1S/C43H35N3/c1-42(2)36-21-13-20-34(29-15-7-5-8-16-29)38(36)35-25-24-33(27-37(35)43(42,3)4)41-45-39(30-17-9-6-10-18-30)44-40(46-41)32-23-22-28-14-11-12-19-31(28)26-32/h5-27H,1-4H3. The molecule has 8 rings (SSSR count). The van der Waals surface area contributed by atoms with E-state index in [1.54, 1.807) is 0 Å². The fourth-order valence-corrected chi connectivity index (χ4v) is 6.99. The van der Waals surface area contributed by atoms with Crippen molar-refractivity contribution in [1.82, 2.24) is 15.0 Å². The van der Waals surface area contributed by atoms with Gasteiger partial charge < -0.3 is 0 Å². The summed E-state index contributed by atoms with van der Waals surface area (Å²) in [4.78, 5) is 15.2. The van der Waals surface area contributed by atoms with Crippen LogP contribution in [0.4, 0.5) is 0 Å². The Labute approximate surface area is 270 Å². The number of nitrogens with zero attached hydrogens (tertiary/aromatic N) is 3. The van der Waals surface area contributed by atoms with Gasteiger partial charge in [0.25, 0.3) is 0 Å². The highest BCUT2D eigenvalue weighted by molar-refractivity contribution is 5.91. The Balaban J connectivity index is 1.34. The van der Waals surface area contributed by atoms with Crippen LogP contribution in [-0.2, 0) is 10.8 Å². The van der Waals surface area contributed by atoms with Crippen LogP contribution in [0.25, 0.3) is 67.2 Å². The first-order valence-electron chi connectivity index (χ1n) is 16.0. The molecular formula is C43H35N3. The van der Waals surface area contributed by atoms with E-state index in [0.717, 1.165) is 22.1 Å². The number of fused-ring (bicyclic) bond motifs is 4. The molecule has 0 spiro atoms. The molecule has 0 amide bonds. The fraction of sp³-hybridized carbons (Fsp3) is 0.140. The number of benzene rings is 6. The van der Waals surface area contributed by atoms with E-state index in [2.05, 4.69) is 149 Å². The Kier molecular flexibility index (Phi) is 6.47. The molecule has 0 unspecified atom stereocenters. The molecule has 0 saturated carbocycles. The van der Waals surface area contributed by atoms with Crippen molar-refractivity contribution < 1.29 is 0 Å². The van der Waals surface area contributed by atoms with Crippen LogP contribution in [0.1, 0.15) is 38.8 Å². The summed E-state index contributed by atoms with van der Waals surface area (Å²) >= 11 is 0. The van der Waals surface area contributed by atoms with E-state index in [0.29, 0.717) is 17.5 Å². The maximum absolute atomic E-state index is 5.13. The molecule has 0 radical (unpaired) electrons. The lowest BCUT2D eigenvalue weighted by Crippen LogP contribution is -2.43. The van der Waals surface area contributed by atoms with E-state index in [4.69, 9.17) is 15.0 Å². The van der Waals surface area contributed by atoms with Crippen LogP contribution in [0.15, 0.2) is 140 Å². The van der Waals surface area contributed by atoms with Gasteiger partial charge in [0.2, 0.25) is 0 Å². The first kappa shape index (κ1) is 28.1. The third kappa shape index (κ3) is 4.46. The van der Waals surface area contributed by atoms with E-state index >= 15 is 0 Å². The van der Waals surface area contributed by atoms with E-state index < -0.39 is 0 Å². The van der Waals surface area contributed by atoms with Gasteiger partial charge in [-0.1, -0.05) is 155 Å². The predicted octanol–water partition coefficient (Wildman–Crippen LogP) is 10.9. The van der Waals surface area contributed by atoms with E-state index in [1.165, 1.54) is 38.8 Å². The Bertz CT molecular complexity index is 2250. The van der Waals surface area contributed by atoms with Crippen LogP contribution in [-0.4, -0.2) is 15.0 Å². The molecule has 0 aliphatic heterocycles. The number of hydrogen-bond donors (Lipinski definition) is 0. The van der Waals surface area contributed by atoms with Gasteiger partial charge in [-0.2, -0.15) is 0 Å². The molecular weight excluding hydrogens is 558 g/mol. The van der Waals surface area contributed by atoms with Gasteiger partial charge in [0.1, 0.15) is 0 Å². The van der Waals surface area contributed by atoms with Crippen LogP contribution in [0.2, 0.25) is 0 Å². The topological polar surface area (TPSA) is 38.7 Å². The van der Waals surface area contributed by atoms with Gasteiger partial charge in [0, 0.05) is 16.7 Å². The Morgan fingerprint density at radius 2 is 0.913 bits per heavy atom. The smallest absolute Gasteiger partial charge is 0.164 e. The molecule has 3 heteroatoms. The second kappa shape index (κ2) is 10.6. The average Bonchev–Trinajstić information content (AvgIpc) is 3.11. The van der Waals surface area contributed by atoms with Crippen molar-refractivity contribution in [3.8, 4) is 56.4 Å². The van der Waals surface area contributed by atoms with Gasteiger partial charge in [-0.25, -0.2) is 15.0 Å². The molecule has 0 saturated heterocycles. The number of aromatic nitrogens is 3. The minimum Gasteiger partial charge on any atom is -0.208 e. The van der Waals surface area contributed by atoms with Crippen LogP contribution in [0, 0.1) is 0 Å². The van der Waals surface area contributed by atoms with Crippen molar-refractivity contribution >= 4 is 10.8 Å². The van der Waals surface area contributed by atoms with Gasteiger partial charge in [0.15, 0.2) is 17.5 Å². The minimum absolute atomic E-state index is 0.122. The summed E-state index contributed by atoms with van der Waals surface area (Å²) in [6, 6.07) is 49.3.